The largest absolute Gasteiger partial charge is 0.361 e. The second-order valence-electron chi connectivity index (χ2n) is 5.14. The molecule has 0 aliphatic carbocycles. The first-order valence-electron chi connectivity index (χ1n) is 7.07. The summed E-state index contributed by atoms with van der Waals surface area (Å²) in [5.74, 6) is 1.48. The van der Waals surface area contributed by atoms with Gasteiger partial charge in [-0.15, -0.1) is 11.3 Å². The first-order chi connectivity index (χ1) is 10.6. The van der Waals surface area contributed by atoms with E-state index < -0.39 is 0 Å². The van der Waals surface area contributed by atoms with Gasteiger partial charge >= 0.3 is 0 Å². The molecule has 0 aromatic carbocycles. The van der Waals surface area contributed by atoms with Crippen molar-refractivity contribution >= 4 is 17.2 Å². The lowest BCUT2D eigenvalue weighted by molar-refractivity contribution is 0.857. The lowest BCUT2D eigenvalue weighted by atomic mass is 10.2. The topological polar surface area (TPSA) is 63.6 Å². The van der Waals surface area contributed by atoms with Gasteiger partial charge in [-0.3, -0.25) is 4.98 Å². The highest BCUT2D eigenvalue weighted by Gasteiger charge is 2.12. The van der Waals surface area contributed by atoms with E-state index in [1.165, 1.54) is 4.88 Å². The van der Waals surface area contributed by atoms with Crippen LogP contribution in [0.1, 0.15) is 28.5 Å². The molecule has 1 unspecified atom stereocenters. The monoisotopic (exact) mass is 311 g/mol. The van der Waals surface area contributed by atoms with Crippen LogP contribution in [0.15, 0.2) is 36.8 Å². The van der Waals surface area contributed by atoms with Crippen molar-refractivity contribution in [2.45, 2.75) is 26.8 Å². The minimum absolute atomic E-state index is 0.106. The van der Waals surface area contributed by atoms with Gasteiger partial charge in [-0.1, -0.05) is 0 Å². The van der Waals surface area contributed by atoms with Crippen LogP contribution in [0, 0.1) is 13.8 Å². The Labute approximate surface area is 133 Å². The molecule has 22 heavy (non-hydrogen) atoms. The van der Waals surface area contributed by atoms with E-state index in [2.05, 4.69) is 39.1 Å². The summed E-state index contributed by atoms with van der Waals surface area (Å²) in [5, 5.41) is 4.45. The predicted octanol–water partition coefficient (Wildman–Crippen LogP) is 3.79. The SMILES string of the molecule is Cc1cc(NC(C)c2ncc(C)s2)nc(-c2cccnc2)n1. The molecule has 0 spiro atoms. The molecule has 3 aromatic rings. The molecular weight excluding hydrogens is 294 g/mol. The molecule has 0 fully saturated rings. The summed E-state index contributed by atoms with van der Waals surface area (Å²) in [5.41, 5.74) is 1.82. The Bertz CT molecular complexity index is 769. The number of thiazole rings is 1. The number of aryl methyl sites for hydroxylation is 2. The third kappa shape index (κ3) is 3.28. The molecule has 6 heteroatoms. The molecule has 1 atom stereocenters. The second-order valence-corrected chi connectivity index (χ2v) is 6.40. The maximum absolute atomic E-state index is 4.59. The standard InChI is InChI=1S/C16H17N5S/c1-10-7-14(20-12(3)16-18-8-11(2)22-16)21-15(19-10)13-5-4-6-17-9-13/h4-9,12H,1-3H3,(H,19,20,21). The zero-order chi connectivity index (χ0) is 15.5. The van der Waals surface area contributed by atoms with Crippen molar-refractivity contribution in [3.63, 3.8) is 0 Å². The van der Waals surface area contributed by atoms with Gasteiger partial charge in [0.1, 0.15) is 10.8 Å². The number of anilines is 1. The third-order valence-corrected chi connectivity index (χ3v) is 4.24. The van der Waals surface area contributed by atoms with Crippen LogP contribution < -0.4 is 5.32 Å². The van der Waals surface area contributed by atoms with Crippen LogP contribution in [0.3, 0.4) is 0 Å². The Kier molecular flexibility index (Phi) is 4.11. The van der Waals surface area contributed by atoms with Crippen molar-refractivity contribution in [3.8, 4) is 11.4 Å². The molecule has 3 aromatic heterocycles. The van der Waals surface area contributed by atoms with E-state index in [0.29, 0.717) is 5.82 Å². The molecule has 0 aliphatic rings. The Hall–Kier alpha value is -2.34. The molecule has 0 radical (unpaired) electrons. The summed E-state index contributed by atoms with van der Waals surface area (Å²) in [6.07, 6.45) is 5.40. The second kappa shape index (κ2) is 6.19. The van der Waals surface area contributed by atoms with E-state index in [4.69, 9.17) is 0 Å². The summed E-state index contributed by atoms with van der Waals surface area (Å²) in [6, 6.07) is 5.89. The van der Waals surface area contributed by atoms with Crippen LogP contribution in [0.25, 0.3) is 11.4 Å². The third-order valence-electron chi connectivity index (χ3n) is 3.15. The number of nitrogens with zero attached hydrogens (tertiary/aromatic N) is 4. The van der Waals surface area contributed by atoms with Crippen LogP contribution in [-0.4, -0.2) is 19.9 Å². The van der Waals surface area contributed by atoms with E-state index >= 15 is 0 Å². The van der Waals surface area contributed by atoms with Gasteiger partial charge in [-0.25, -0.2) is 15.0 Å². The maximum Gasteiger partial charge on any atom is 0.163 e. The van der Waals surface area contributed by atoms with Crippen molar-refractivity contribution in [2.24, 2.45) is 0 Å². The minimum atomic E-state index is 0.106. The number of hydrogen-bond donors (Lipinski definition) is 1. The highest BCUT2D eigenvalue weighted by Crippen LogP contribution is 2.24. The maximum atomic E-state index is 4.59. The lowest BCUT2D eigenvalue weighted by Gasteiger charge is -2.13. The zero-order valence-electron chi connectivity index (χ0n) is 12.7. The van der Waals surface area contributed by atoms with Gasteiger partial charge < -0.3 is 5.32 Å². The Morgan fingerprint density at radius 1 is 1.18 bits per heavy atom. The summed E-state index contributed by atoms with van der Waals surface area (Å²) < 4.78 is 0. The molecule has 0 saturated heterocycles. The molecule has 5 nitrogen and oxygen atoms in total. The Balaban J connectivity index is 1.87. The van der Waals surface area contributed by atoms with Crippen LogP contribution in [0.4, 0.5) is 5.82 Å². The molecule has 1 N–H and O–H groups in total. The number of rotatable bonds is 4. The molecule has 112 valence electrons. The van der Waals surface area contributed by atoms with Gasteiger partial charge in [0.15, 0.2) is 5.82 Å². The van der Waals surface area contributed by atoms with Crippen LogP contribution >= 0.6 is 11.3 Å². The van der Waals surface area contributed by atoms with E-state index in [1.54, 1.807) is 23.7 Å². The van der Waals surface area contributed by atoms with Gasteiger partial charge in [-0.2, -0.15) is 0 Å². The summed E-state index contributed by atoms with van der Waals surface area (Å²) in [4.78, 5) is 18.8. The number of aromatic nitrogens is 4. The highest BCUT2D eigenvalue weighted by atomic mass is 32.1. The Morgan fingerprint density at radius 3 is 2.73 bits per heavy atom. The van der Waals surface area contributed by atoms with E-state index in [1.807, 2.05) is 31.3 Å². The fourth-order valence-electron chi connectivity index (χ4n) is 2.12. The van der Waals surface area contributed by atoms with Crippen molar-refractivity contribution in [3.05, 3.63) is 52.4 Å². The zero-order valence-corrected chi connectivity index (χ0v) is 13.6. The van der Waals surface area contributed by atoms with Gasteiger partial charge in [0.2, 0.25) is 0 Å². The average Bonchev–Trinajstić information content (AvgIpc) is 2.94. The molecule has 3 rings (SSSR count). The van der Waals surface area contributed by atoms with Crippen molar-refractivity contribution in [2.75, 3.05) is 5.32 Å². The van der Waals surface area contributed by atoms with Crippen LogP contribution in [-0.2, 0) is 0 Å². The van der Waals surface area contributed by atoms with Crippen molar-refractivity contribution in [1.82, 2.24) is 19.9 Å². The normalized spacial score (nSPS) is 12.1. The molecule has 3 heterocycles. The predicted molar refractivity (Wildman–Crippen MR) is 88.9 cm³/mol. The summed E-state index contributed by atoms with van der Waals surface area (Å²) in [6.45, 7) is 6.10. The average molecular weight is 311 g/mol. The highest BCUT2D eigenvalue weighted by molar-refractivity contribution is 7.11. The molecule has 0 amide bonds. The quantitative estimate of drug-likeness (QED) is 0.794. The van der Waals surface area contributed by atoms with Crippen molar-refractivity contribution < 1.29 is 0 Å². The molecule has 0 aliphatic heterocycles. The number of hydrogen-bond acceptors (Lipinski definition) is 6. The van der Waals surface area contributed by atoms with E-state index in [-0.39, 0.29) is 6.04 Å². The van der Waals surface area contributed by atoms with Gasteiger partial charge in [0.25, 0.3) is 0 Å². The van der Waals surface area contributed by atoms with E-state index in [9.17, 15) is 0 Å². The first kappa shape index (κ1) is 14.6. The van der Waals surface area contributed by atoms with Crippen LogP contribution in [0.2, 0.25) is 0 Å². The lowest BCUT2D eigenvalue weighted by Crippen LogP contribution is -2.09. The van der Waals surface area contributed by atoms with E-state index in [0.717, 1.165) is 22.1 Å². The summed E-state index contributed by atoms with van der Waals surface area (Å²) in [7, 11) is 0. The van der Waals surface area contributed by atoms with Crippen LogP contribution in [0.5, 0.6) is 0 Å². The van der Waals surface area contributed by atoms with Gasteiger partial charge in [-0.05, 0) is 32.9 Å². The fraction of sp³-hybridized carbons (Fsp3) is 0.250. The van der Waals surface area contributed by atoms with Gasteiger partial charge in [0.05, 0.1) is 6.04 Å². The fourth-order valence-corrected chi connectivity index (χ4v) is 2.90. The minimum Gasteiger partial charge on any atom is -0.361 e. The number of pyridine rings is 1. The van der Waals surface area contributed by atoms with Crippen molar-refractivity contribution in [1.29, 1.82) is 0 Å². The first-order valence-corrected chi connectivity index (χ1v) is 7.88. The summed E-state index contributed by atoms with van der Waals surface area (Å²) >= 11 is 1.69. The smallest absolute Gasteiger partial charge is 0.163 e. The number of nitrogens with one attached hydrogen (secondary N) is 1. The molecular formula is C16H17N5S. The molecule has 0 saturated carbocycles. The van der Waals surface area contributed by atoms with Gasteiger partial charge in [0, 0.05) is 40.8 Å². The molecule has 0 bridgehead atoms. The Morgan fingerprint density at radius 2 is 2.05 bits per heavy atom.